The van der Waals surface area contributed by atoms with Gasteiger partial charge in [0.25, 0.3) is 5.91 Å². The van der Waals surface area contributed by atoms with Gasteiger partial charge < -0.3 is 10.1 Å². The highest BCUT2D eigenvalue weighted by Crippen LogP contribution is 2.37. The topological polar surface area (TPSA) is 85.4 Å². The fourth-order valence-electron chi connectivity index (χ4n) is 2.74. The quantitative estimate of drug-likeness (QED) is 0.848. The van der Waals surface area contributed by atoms with Crippen LogP contribution in [-0.4, -0.2) is 43.5 Å². The van der Waals surface area contributed by atoms with Crippen LogP contribution in [0.5, 0.6) is 5.75 Å². The Balaban J connectivity index is 1.75. The molecule has 2 aromatic rings. The summed E-state index contributed by atoms with van der Waals surface area (Å²) in [5, 5.41) is 4.04. The minimum Gasteiger partial charge on any atom is -0.480 e. The van der Waals surface area contributed by atoms with Gasteiger partial charge >= 0.3 is 0 Å². The van der Waals surface area contributed by atoms with Crippen LogP contribution in [0.3, 0.4) is 0 Å². The number of halogens is 2. The molecule has 1 saturated heterocycles. The predicted octanol–water partition coefficient (Wildman–Crippen LogP) is 2.53. The zero-order valence-corrected chi connectivity index (χ0v) is 15.7. The molecule has 0 aliphatic carbocycles. The van der Waals surface area contributed by atoms with E-state index in [1.807, 2.05) is 19.1 Å². The van der Waals surface area contributed by atoms with E-state index < -0.39 is 15.7 Å². The largest absolute Gasteiger partial charge is 0.480 e. The van der Waals surface area contributed by atoms with Crippen molar-refractivity contribution in [3.8, 4) is 5.75 Å². The molecule has 134 valence electrons. The second-order valence-corrected chi connectivity index (χ2v) is 9.02. The maximum atomic E-state index is 12.0. The van der Waals surface area contributed by atoms with Crippen LogP contribution < -0.4 is 10.1 Å². The Morgan fingerprint density at radius 2 is 2.12 bits per heavy atom. The number of hydrogen-bond donors (Lipinski definition) is 1. The first-order valence-electron chi connectivity index (χ1n) is 7.63. The summed E-state index contributed by atoms with van der Waals surface area (Å²) in [5.74, 6) is -0.0763. The standard InChI is InChI=1S/C16H16Cl2N2O4S/c1-9-2-3-11-12(17)6-13(18)16(15(11)19-9)24-7-14(21)20-10-4-5-25(22,23)8-10/h2-3,6,10H,4-5,7-8H2,1H3,(H,20,21)/t10-/m0/s1. The third kappa shape index (κ3) is 4.16. The minimum atomic E-state index is -3.05. The number of sulfone groups is 1. The Kier molecular flexibility index (Phi) is 5.09. The van der Waals surface area contributed by atoms with Crippen molar-refractivity contribution in [2.75, 3.05) is 18.1 Å². The normalized spacial score (nSPS) is 19.1. The summed E-state index contributed by atoms with van der Waals surface area (Å²) in [4.78, 5) is 16.4. The van der Waals surface area contributed by atoms with Gasteiger partial charge in [-0.15, -0.1) is 0 Å². The molecule has 0 radical (unpaired) electrons. The highest BCUT2D eigenvalue weighted by atomic mass is 35.5. The second-order valence-electron chi connectivity index (χ2n) is 5.97. The first kappa shape index (κ1) is 18.2. The van der Waals surface area contributed by atoms with E-state index in [0.29, 0.717) is 22.3 Å². The summed E-state index contributed by atoms with van der Waals surface area (Å²) in [6.07, 6.45) is 0.416. The van der Waals surface area contributed by atoms with E-state index >= 15 is 0 Å². The van der Waals surface area contributed by atoms with Gasteiger partial charge in [0.15, 0.2) is 22.2 Å². The molecule has 2 heterocycles. The number of aryl methyl sites for hydroxylation is 1. The molecule has 1 fully saturated rings. The highest BCUT2D eigenvalue weighted by Gasteiger charge is 2.29. The number of carbonyl (C=O) groups is 1. The van der Waals surface area contributed by atoms with Crippen LogP contribution in [0, 0.1) is 6.92 Å². The number of nitrogens with zero attached hydrogens (tertiary/aromatic N) is 1. The maximum absolute atomic E-state index is 12.0. The fraction of sp³-hybridized carbons (Fsp3) is 0.375. The predicted molar refractivity (Wildman–Crippen MR) is 97.2 cm³/mol. The first-order valence-corrected chi connectivity index (χ1v) is 10.2. The molecule has 3 rings (SSSR count). The summed E-state index contributed by atoms with van der Waals surface area (Å²) in [6.45, 7) is 1.54. The molecule has 1 amide bonds. The lowest BCUT2D eigenvalue weighted by Gasteiger charge is -2.14. The fourth-order valence-corrected chi connectivity index (χ4v) is 4.99. The maximum Gasteiger partial charge on any atom is 0.258 e. The monoisotopic (exact) mass is 402 g/mol. The van der Waals surface area contributed by atoms with Crippen molar-refractivity contribution in [2.24, 2.45) is 0 Å². The molecular weight excluding hydrogens is 387 g/mol. The molecule has 25 heavy (non-hydrogen) atoms. The second kappa shape index (κ2) is 6.97. The van der Waals surface area contributed by atoms with Gasteiger partial charge in [-0.3, -0.25) is 4.79 Å². The molecule has 6 nitrogen and oxygen atoms in total. The molecule has 1 N–H and O–H groups in total. The number of aromatic nitrogens is 1. The Morgan fingerprint density at radius 1 is 1.36 bits per heavy atom. The Labute approximate surface area is 155 Å². The highest BCUT2D eigenvalue weighted by molar-refractivity contribution is 7.91. The zero-order valence-electron chi connectivity index (χ0n) is 13.4. The Morgan fingerprint density at radius 3 is 2.80 bits per heavy atom. The molecule has 1 aliphatic rings. The molecular formula is C16H16Cl2N2O4S. The van der Waals surface area contributed by atoms with Crippen molar-refractivity contribution >= 4 is 49.8 Å². The summed E-state index contributed by atoms with van der Waals surface area (Å²) >= 11 is 12.4. The van der Waals surface area contributed by atoms with Crippen molar-refractivity contribution in [3.05, 3.63) is 33.9 Å². The van der Waals surface area contributed by atoms with Crippen molar-refractivity contribution in [1.29, 1.82) is 0 Å². The summed E-state index contributed by atoms with van der Waals surface area (Å²) in [7, 11) is -3.05. The third-order valence-corrected chi connectivity index (χ3v) is 6.28. The van der Waals surface area contributed by atoms with Gasteiger partial charge in [0.2, 0.25) is 0 Å². The lowest BCUT2D eigenvalue weighted by molar-refractivity contribution is -0.123. The van der Waals surface area contributed by atoms with E-state index in [9.17, 15) is 13.2 Å². The third-order valence-electron chi connectivity index (χ3n) is 3.92. The van der Waals surface area contributed by atoms with E-state index in [1.54, 1.807) is 6.07 Å². The van der Waals surface area contributed by atoms with E-state index in [2.05, 4.69) is 10.3 Å². The van der Waals surface area contributed by atoms with Gasteiger partial charge in [0.05, 0.1) is 21.6 Å². The average Bonchev–Trinajstić information content (AvgIpc) is 2.85. The number of ether oxygens (including phenoxy) is 1. The van der Waals surface area contributed by atoms with Crippen LogP contribution in [0.15, 0.2) is 18.2 Å². The number of benzene rings is 1. The number of rotatable bonds is 4. The molecule has 0 saturated carbocycles. The molecule has 9 heteroatoms. The van der Waals surface area contributed by atoms with E-state index in [1.165, 1.54) is 0 Å². The lowest BCUT2D eigenvalue weighted by Crippen LogP contribution is -2.38. The van der Waals surface area contributed by atoms with Gasteiger partial charge in [-0.05, 0) is 31.5 Å². The number of fused-ring (bicyclic) bond motifs is 1. The molecule has 0 unspecified atom stereocenters. The smallest absolute Gasteiger partial charge is 0.258 e. The van der Waals surface area contributed by atoms with Gasteiger partial charge in [0, 0.05) is 17.1 Å². The molecule has 0 spiro atoms. The summed E-state index contributed by atoms with van der Waals surface area (Å²) in [6, 6.07) is 4.80. The Bertz CT molecular complexity index is 947. The van der Waals surface area contributed by atoms with Crippen LogP contribution >= 0.6 is 23.2 Å². The number of nitrogens with one attached hydrogen (secondary N) is 1. The number of pyridine rings is 1. The van der Waals surface area contributed by atoms with Gasteiger partial charge in [-0.25, -0.2) is 13.4 Å². The van der Waals surface area contributed by atoms with Gasteiger partial charge in [-0.2, -0.15) is 0 Å². The van der Waals surface area contributed by atoms with Crippen LogP contribution in [0.25, 0.3) is 10.9 Å². The van der Waals surface area contributed by atoms with Crippen molar-refractivity contribution in [1.82, 2.24) is 10.3 Å². The molecule has 1 aromatic heterocycles. The average molecular weight is 403 g/mol. The van der Waals surface area contributed by atoms with E-state index in [0.717, 1.165) is 5.69 Å². The van der Waals surface area contributed by atoms with Crippen molar-refractivity contribution in [3.63, 3.8) is 0 Å². The summed E-state index contributed by atoms with van der Waals surface area (Å²) in [5.41, 5.74) is 1.24. The lowest BCUT2D eigenvalue weighted by atomic mass is 10.2. The zero-order chi connectivity index (χ0) is 18.2. The van der Waals surface area contributed by atoms with Crippen LogP contribution in [0.1, 0.15) is 12.1 Å². The minimum absolute atomic E-state index is 0.0376. The van der Waals surface area contributed by atoms with Crippen LogP contribution in [0.2, 0.25) is 10.0 Å². The first-order chi connectivity index (χ1) is 11.7. The Hall–Kier alpha value is -1.57. The molecule has 0 bridgehead atoms. The number of amides is 1. The van der Waals surface area contributed by atoms with E-state index in [4.69, 9.17) is 27.9 Å². The van der Waals surface area contributed by atoms with E-state index in [-0.39, 0.29) is 34.9 Å². The molecule has 1 atom stereocenters. The summed E-state index contributed by atoms with van der Waals surface area (Å²) < 4.78 is 28.4. The van der Waals surface area contributed by atoms with Crippen molar-refractivity contribution in [2.45, 2.75) is 19.4 Å². The van der Waals surface area contributed by atoms with Gasteiger partial charge in [0.1, 0.15) is 5.52 Å². The van der Waals surface area contributed by atoms with Crippen LogP contribution in [-0.2, 0) is 14.6 Å². The molecule has 1 aliphatic heterocycles. The molecule has 1 aromatic carbocycles. The SMILES string of the molecule is Cc1ccc2c(Cl)cc(Cl)c(OCC(=O)N[C@H]3CCS(=O)(=O)C3)c2n1. The van der Waals surface area contributed by atoms with Crippen LogP contribution in [0.4, 0.5) is 0 Å². The van der Waals surface area contributed by atoms with Crippen molar-refractivity contribution < 1.29 is 17.9 Å². The van der Waals surface area contributed by atoms with Gasteiger partial charge in [-0.1, -0.05) is 23.2 Å². The number of hydrogen-bond acceptors (Lipinski definition) is 5. The number of carbonyl (C=O) groups excluding carboxylic acids is 1.